The van der Waals surface area contributed by atoms with E-state index in [-0.39, 0.29) is 11.3 Å². The molecule has 0 saturated heterocycles. The largest absolute Gasteiger partial charge is 0.466 e. The van der Waals surface area contributed by atoms with E-state index in [0.717, 1.165) is 40.6 Å². The van der Waals surface area contributed by atoms with Crippen LogP contribution in [0.5, 0.6) is 5.75 Å². The predicted octanol–water partition coefficient (Wildman–Crippen LogP) is 2.00. The molecule has 0 heterocycles. The minimum Gasteiger partial charge on any atom is -0.466 e. The van der Waals surface area contributed by atoms with Crippen molar-refractivity contribution in [3.05, 3.63) is 89.3 Å². The summed E-state index contributed by atoms with van der Waals surface area (Å²) in [4.78, 5) is 60.9. The lowest BCUT2D eigenvalue weighted by Crippen LogP contribution is -2.31. The van der Waals surface area contributed by atoms with E-state index in [9.17, 15) is 24.0 Å². The fraction of sp³-hybridized carbons (Fsp3) is 0.154. The van der Waals surface area contributed by atoms with Gasteiger partial charge in [0.15, 0.2) is 5.70 Å². The quantitative estimate of drug-likeness (QED) is 0.113. The smallest absolute Gasteiger partial charge is 0.374 e. The van der Waals surface area contributed by atoms with Gasteiger partial charge in [-0.05, 0) is 42.0 Å². The number of hydrazone groups is 1. The number of rotatable bonds is 10. The third kappa shape index (κ3) is 8.16. The molecule has 12 heteroatoms. The van der Waals surface area contributed by atoms with Gasteiger partial charge in [-0.1, -0.05) is 18.2 Å². The zero-order chi connectivity index (χ0) is 28.1. The number of amides is 1. The summed E-state index contributed by atoms with van der Waals surface area (Å²) in [5.41, 5.74) is 0.128. The van der Waals surface area contributed by atoms with Gasteiger partial charge >= 0.3 is 23.9 Å². The van der Waals surface area contributed by atoms with Crippen LogP contribution in [-0.2, 0) is 38.1 Å². The second-order valence-electron chi connectivity index (χ2n) is 6.97. The minimum absolute atomic E-state index is 0.167. The highest BCUT2D eigenvalue weighted by Crippen LogP contribution is 2.17. The van der Waals surface area contributed by atoms with Crippen LogP contribution >= 0.6 is 0 Å². The van der Waals surface area contributed by atoms with Crippen LogP contribution < -0.4 is 4.74 Å². The maximum Gasteiger partial charge on any atom is 0.374 e. The molecule has 0 atom stereocenters. The first-order chi connectivity index (χ1) is 18.2. The number of hydrogen-bond donors (Lipinski definition) is 0. The molecule has 0 fully saturated rings. The second kappa shape index (κ2) is 14.3. The van der Waals surface area contributed by atoms with Gasteiger partial charge in [0.25, 0.3) is 5.91 Å². The first kappa shape index (κ1) is 29.0. The fourth-order valence-electron chi connectivity index (χ4n) is 2.68. The van der Waals surface area contributed by atoms with Gasteiger partial charge in [-0.3, -0.25) is 4.79 Å². The topological polar surface area (TPSA) is 147 Å². The van der Waals surface area contributed by atoms with Gasteiger partial charge in [0.2, 0.25) is 5.76 Å². The van der Waals surface area contributed by atoms with Gasteiger partial charge in [0, 0.05) is 5.56 Å². The molecular formula is C26H24N2O10. The van der Waals surface area contributed by atoms with Crippen molar-refractivity contribution in [2.75, 3.05) is 28.4 Å². The average molecular weight is 524 g/mol. The predicted molar refractivity (Wildman–Crippen MR) is 132 cm³/mol. The van der Waals surface area contributed by atoms with Gasteiger partial charge in [-0.25, -0.2) is 19.2 Å². The van der Waals surface area contributed by atoms with Crippen LogP contribution in [0.4, 0.5) is 0 Å². The second-order valence-corrected chi connectivity index (χ2v) is 6.97. The first-order valence-electron chi connectivity index (χ1n) is 10.7. The van der Waals surface area contributed by atoms with Crippen LogP contribution in [0.1, 0.15) is 15.9 Å². The van der Waals surface area contributed by atoms with Crippen LogP contribution in [0.3, 0.4) is 0 Å². The van der Waals surface area contributed by atoms with Crippen molar-refractivity contribution in [1.82, 2.24) is 5.01 Å². The number of carbonyl (C=O) groups excluding carboxylic acids is 5. The molecule has 0 aromatic heterocycles. The normalized spacial score (nSPS) is 11.4. The number of nitrogens with zero attached hydrogens (tertiary/aromatic N) is 2. The van der Waals surface area contributed by atoms with Crippen LogP contribution in [0.25, 0.3) is 0 Å². The zero-order valence-electron chi connectivity index (χ0n) is 20.9. The maximum absolute atomic E-state index is 13.2. The van der Waals surface area contributed by atoms with Crippen molar-refractivity contribution in [2.45, 2.75) is 0 Å². The third-order valence-corrected chi connectivity index (χ3v) is 4.56. The summed E-state index contributed by atoms with van der Waals surface area (Å²) < 4.78 is 23.8. The number of esters is 4. The van der Waals surface area contributed by atoms with Crippen molar-refractivity contribution in [3.8, 4) is 5.75 Å². The molecule has 0 saturated carbocycles. The summed E-state index contributed by atoms with van der Waals surface area (Å²) in [6, 6.07) is 13.9. The zero-order valence-corrected chi connectivity index (χ0v) is 20.9. The summed E-state index contributed by atoms with van der Waals surface area (Å²) in [6.45, 7) is 0. The molecule has 0 aliphatic rings. The molecule has 38 heavy (non-hydrogen) atoms. The maximum atomic E-state index is 13.2. The molecule has 2 aromatic carbocycles. The molecule has 2 rings (SSSR count). The van der Waals surface area contributed by atoms with Crippen LogP contribution in [-0.4, -0.2) is 69.4 Å². The van der Waals surface area contributed by atoms with Gasteiger partial charge in [0.05, 0.1) is 46.8 Å². The standard InChI is InChI=1S/C26H24N2O10/c1-34-22(29)14-20(25(32)36-3)28(24(31)18-8-6-5-7-9-18)27-16-17-10-12-19(13-11-17)38-21(26(33)37-4)15-23(30)35-2/h5-16H,1-4H3/b20-14-,21-15-,27-16+. The Hall–Kier alpha value is -5.26. The average Bonchev–Trinajstić information content (AvgIpc) is 2.96. The van der Waals surface area contributed by atoms with E-state index in [1.807, 2.05) is 0 Å². The van der Waals surface area contributed by atoms with E-state index >= 15 is 0 Å². The Kier molecular flexibility index (Phi) is 10.9. The van der Waals surface area contributed by atoms with Crippen LogP contribution in [0.2, 0.25) is 0 Å². The van der Waals surface area contributed by atoms with Crippen molar-refractivity contribution in [1.29, 1.82) is 0 Å². The Morgan fingerprint density at radius 1 is 0.711 bits per heavy atom. The van der Waals surface area contributed by atoms with Crippen molar-refractivity contribution >= 4 is 36.0 Å². The van der Waals surface area contributed by atoms with E-state index in [4.69, 9.17) is 9.47 Å². The highest BCUT2D eigenvalue weighted by Gasteiger charge is 2.26. The lowest BCUT2D eigenvalue weighted by Gasteiger charge is -2.18. The van der Waals surface area contributed by atoms with Crippen LogP contribution in [0.15, 0.2) is 83.3 Å². The monoisotopic (exact) mass is 524 g/mol. The van der Waals surface area contributed by atoms with Crippen molar-refractivity contribution in [2.24, 2.45) is 5.10 Å². The highest BCUT2D eigenvalue weighted by atomic mass is 16.6. The number of carbonyl (C=O) groups is 5. The molecule has 0 aliphatic carbocycles. The first-order valence-corrected chi connectivity index (χ1v) is 10.7. The van der Waals surface area contributed by atoms with E-state index < -0.39 is 41.2 Å². The van der Waals surface area contributed by atoms with Gasteiger partial charge in [0.1, 0.15) is 5.75 Å². The summed E-state index contributed by atoms with van der Waals surface area (Å²) in [5, 5.41) is 4.81. The molecule has 0 N–H and O–H groups in total. The summed E-state index contributed by atoms with van der Waals surface area (Å²) in [5.74, 6) is -4.60. The summed E-state index contributed by atoms with van der Waals surface area (Å²) in [6.07, 6.45) is 2.85. The Bertz CT molecular complexity index is 1260. The molecule has 198 valence electrons. The number of hydrogen-bond acceptors (Lipinski definition) is 11. The molecular weight excluding hydrogens is 500 g/mol. The lowest BCUT2D eigenvalue weighted by atomic mass is 10.2. The molecule has 0 aliphatic heterocycles. The Morgan fingerprint density at radius 2 is 1.29 bits per heavy atom. The SMILES string of the molecule is COC(=O)/C=C(\Oc1ccc(/C=N/N(C(=O)c2ccccc2)/C(=C\C(=O)OC)C(=O)OC)cc1)C(=O)OC. The number of methoxy groups -OCH3 is 4. The van der Waals surface area contributed by atoms with Gasteiger partial charge in [-0.15, -0.1) is 0 Å². The van der Waals surface area contributed by atoms with E-state index in [1.165, 1.54) is 42.6 Å². The van der Waals surface area contributed by atoms with E-state index in [2.05, 4.69) is 19.3 Å². The molecule has 12 nitrogen and oxygen atoms in total. The Labute approximate surface area is 217 Å². The molecule has 0 unspecified atom stereocenters. The molecule has 0 radical (unpaired) electrons. The number of benzene rings is 2. The van der Waals surface area contributed by atoms with Crippen LogP contribution in [0, 0.1) is 0 Å². The molecule has 1 amide bonds. The lowest BCUT2D eigenvalue weighted by molar-refractivity contribution is -0.140. The minimum atomic E-state index is -1.01. The highest BCUT2D eigenvalue weighted by molar-refractivity contribution is 6.04. The van der Waals surface area contributed by atoms with E-state index in [0.29, 0.717) is 10.6 Å². The number of ether oxygens (including phenoxy) is 5. The van der Waals surface area contributed by atoms with Crippen molar-refractivity contribution in [3.63, 3.8) is 0 Å². The Balaban J connectivity index is 2.41. The van der Waals surface area contributed by atoms with Gasteiger partial charge < -0.3 is 23.7 Å². The van der Waals surface area contributed by atoms with Gasteiger partial charge in [-0.2, -0.15) is 10.1 Å². The molecule has 2 aromatic rings. The van der Waals surface area contributed by atoms with Crippen molar-refractivity contribution < 1.29 is 47.7 Å². The summed E-state index contributed by atoms with van der Waals surface area (Å²) >= 11 is 0. The van der Waals surface area contributed by atoms with E-state index in [1.54, 1.807) is 18.2 Å². The molecule has 0 spiro atoms. The Morgan fingerprint density at radius 3 is 1.84 bits per heavy atom. The fourth-order valence-corrected chi connectivity index (χ4v) is 2.68. The molecule has 0 bridgehead atoms. The third-order valence-electron chi connectivity index (χ3n) is 4.56. The summed E-state index contributed by atoms with van der Waals surface area (Å²) in [7, 11) is 4.45.